The second-order valence-electron chi connectivity index (χ2n) is 7.13. The maximum atomic E-state index is 12.1. The number of ether oxygens (including phenoxy) is 2. The van der Waals surface area contributed by atoms with E-state index in [0.29, 0.717) is 34.6 Å². The van der Waals surface area contributed by atoms with Crippen LogP contribution in [-0.4, -0.2) is 21.3 Å². The molecule has 2 atom stereocenters. The van der Waals surface area contributed by atoms with Gasteiger partial charge in [-0.25, -0.2) is 0 Å². The predicted octanol–water partition coefficient (Wildman–Crippen LogP) is 2.85. The van der Waals surface area contributed by atoms with Crippen LogP contribution in [0.15, 0.2) is 35.3 Å². The van der Waals surface area contributed by atoms with E-state index in [0.717, 1.165) is 0 Å². The number of aliphatic hydroxyl groups is 1. The van der Waals surface area contributed by atoms with E-state index in [2.05, 4.69) is 11.1 Å². The van der Waals surface area contributed by atoms with Gasteiger partial charge < -0.3 is 19.6 Å². The van der Waals surface area contributed by atoms with E-state index < -0.39 is 17.3 Å². The molecule has 2 heterocycles. The predicted molar refractivity (Wildman–Crippen MR) is 96.3 cm³/mol. The zero-order valence-corrected chi connectivity index (χ0v) is 15.3. The van der Waals surface area contributed by atoms with Crippen LogP contribution >= 0.6 is 0 Å². The highest BCUT2D eigenvalue weighted by molar-refractivity contribution is 5.47. The summed E-state index contributed by atoms with van der Waals surface area (Å²) >= 11 is 0. The minimum absolute atomic E-state index is 0.220. The van der Waals surface area contributed by atoms with Crippen LogP contribution in [0.4, 0.5) is 0 Å². The first kappa shape index (κ1) is 18.0. The quantitative estimate of drug-likeness (QED) is 0.884. The highest BCUT2D eigenvalue weighted by Gasteiger charge is 2.54. The van der Waals surface area contributed by atoms with Gasteiger partial charge in [0, 0.05) is 11.8 Å². The molecule has 1 aromatic carbocycles. The fraction of sp³-hybridized carbons (Fsp3) is 0.400. The number of nitriles is 1. The van der Waals surface area contributed by atoms with Crippen molar-refractivity contribution in [2.24, 2.45) is 0 Å². The van der Waals surface area contributed by atoms with Crippen molar-refractivity contribution in [1.82, 2.24) is 4.98 Å². The van der Waals surface area contributed by atoms with Gasteiger partial charge in [0.05, 0.1) is 17.2 Å². The van der Waals surface area contributed by atoms with Crippen molar-refractivity contribution in [2.45, 2.75) is 51.4 Å². The molecule has 0 saturated carbocycles. The Balaban J connectivity index is 2.17. The van der Waals surface area contributed by atoms with Crippen LogP contribution in [0.2, 0.25) is 0 Å². The lowest BCUT2D eigenvalue weighted by atomic mass is 9.76. The van der Waals surface area contributed by atoms with Crippen LogP contribution in [-0.2, 0) is 6.42 Å². The summed E-state index contributed by atoms with van der Waals surface area (Å²) in [5.41, 5.74) is -1.03. The Kier molecular flexibility index (Phi) is 4.29. The monoisotopic (exact) mass is 354 g/mol. The number of aromatic nitrogens is 1. The molecule has 6 nitrogen and oxygen atoms in total. The average Bonchev–Trinajstić information content (AvgIpc) is 2.59. The molecule has 2 aromatic rings. The lowest BCUT2D eigenvalue weighted by Crippen LogP contribution is -2.59. The summed E-state index contributed by atoms with van der Waals surface area (Å²) in [6, 6.07) is 8.79. The van der Waals surface area contributed by atoms with Crippen LogP contribution in [0, 0.1) is 11.3 Å². The third-order valence-electron chi connectivity index (χ3n) is 5.13. The number of rotatable bonds is 3. The summed E-state index contributed by atoms with van der Waals surface area (Å²) in [7, 11) is 0. The van der Waals surface area contributed by atoms with E-state index in [4.69, 9.17) is 9.47 Å². The van der Waals surface area contributed by atoms with Gasteiger partial charge in [0.1, 0.15) is 22.7 Å². The zero-order valence-electron chi connectivity index (χ0n) is 15.3. The smallest absolute Gasteiger partial charge is 0.254 e. The molecule has 0 amide bonds. The van der Waals surface area contributed by atoms with Crippen LogP contribution in [0.5, 0.6) is 11.5 Å². The summed E-state index contributed by atoms with van der Waals surface area (Å²) in [6.07, 6.45) is 1.20. The molecule has 0 spiro atoms. The summed E-state index contributed by atoms with van der Waals surface area (Å²) < 4.78 is 12.2. The standard InChI is InChI=1S/C20H22N2O4/c1-5-13-15(8-9-22-18(13)23)25-17-14-10-12(11-21)6-7-16(14)26-19(2,3)20(17,4)24/h6-10,17,24H,5H2,1-4H3,(H,22,23). The van der Waals surface area contributed by atoms with Crippen molar-refractivity contribution in [3.05, 3.63) is 57.5 Å². The van der Waals surface area contributed by atoms with Crippen molar-refractivity contribution in [2.75, 3.05) is 0 Å². The van der Waals surface area contributed by atoms with E-state index in [1.807, 2.05) is 6.92 Å². The summed E-state index contributed by atoms with van der Waals surface area (Å²) in [5.74, 6) is 0.959. The average molecular weight is 354 g/mol. The van der Waals surface area contributed by atoms with E-state index in [-0.39, 0.29) is 5.56 Å². The minimum atomic E-state index is -1.40. The molecular formula is C20H22N2O4. The molecule has 2 N–H and O–H groups in total. The van der Waals surface area contributed by atoms with E-state index in [9.17, 15) is 15.2 Å². The SMILES string of the molecule is CCc1c(OC2c3cc(C#N)ccc3OC(C)(C)C2(C)O)cc[nH]c1=O. The van der Waals surface area contributed by atoms with Gasteiger partial charge in [0.15, 0.2) is 6.10 Å². The number of aromatic amines is 1. The molecule has 1 aliphatic rings. The molecule has 6 heteroatoms. The van der Waals surface area contributed by atoms with E-state index >= 15 is 0 Å². The molecule has 3 rings (SSSR count). The maximum absolute atomic E-state index is 12.1. The molecule has 0 saturated heterocycles. The highest BCUT2D eigenvalue weighted by atomic mass is 16.5. The van der Waals surface area contributed by atoms with Gasteiger partial charge in [-0.05, 0) is 51.5 Å². The van der Waals surface area contributed by atoms with Gasteiger partial charge in [-0.3, -0.25) is 4.79 Å². The largest absolute Gasteiger partial charge is 0.484 e. The molecule has 0 aliphatic carbocycles. The van der Waals surface area contributed by atoms with Crippen LogP contribution in [0.25, 0.3) is 0 Å². The summed E-state index contributed by atoms with van der Waals surface area (Å²) in [4.78, 5) is 14.7. The van der Waals surface area contributed by atoms with Crippen molar-refractivity contribution >= 4 is 0 Å². The van der Waals surface area contributed by atoms with Gasteiger partial charge in [-0.1, -0.05) is 6.92 Å². The highest BCUT2D eigenvalue weighted by Crippen LogP contribution is 2.48. The third kappa shape index (κ3) is 2.74. The van der Waals surface area contributed by atoms with Crippen LogP contribution in [0.1, 0.15) is 50.5 Å². The topological polar surface area (TPSA) is 95.3 Å². The third-order valence-corrected chi connectivity index (χ3v) is 5.13. The van der Waals surface area contributed by atoms with E-state index in [1.54, 1.807) is 45.0 Å². The number of nitrogens with one attached hydrogen (secondary N) is 1. The van der Waals surface area contributed by atoms with Crippen molar-refractivity contribution in [3.8, 4) is 17.6 Å². The number of nitrogens with zero attached hydrogens (tertiary/aromatic N) is 1. The Morgan fingerprint density at radius 1 is 1.35 bits per heavy atom. The fourth-order valence-corrected chi connectivity index (χ4v) is 3.16. The van der Waals surface area contributed by atoms with Gasteiger partial charge in [0.2, 0.25) is 0 Å². The zero-order chi connectivity index (χ0) is 19.1. The minimum Gasteiger partial charge on any atom is -0.484 e. The van der Waals surface area contributed by atoms with E-state index in [1.165, 1.54) is 6.20 Å². The molecule has 26 heavy (non-hydrogen) atoms. The molecule has 0 bridgehead atoms. The first-order valence-electron chi connectivity index (χ1n) is 8.54. The number of fused-ring (bicyclic) bond motifs is 1. The Labute approximate surface area is 152 Å². The molecule has 136 valence electrons. The van der Waals surface area contributed by atoms with Crippen molar-refractivity contribution in [1.29, 1.82) is 5.26 Å². The Morgan fingerprint density at radius 3 is 2.73 bits per heavy atom. The Morgan fingerprint density at radius 2 is 2.08 bits per heavy atom. The molecule has 2 unspecified atom stereocenters. The number of hydrogen-bond donors (Lipinski definition) is 2. The molecule has 1 aliphatic heterocycles. The molecule has 1 aromatic heterocycles. The van der Waals surface area contributed by atoms with Crippen molar-refractivity contribution < 1.29 is 14.6 Å². The second-order valence-corrected chi connectivity index (χ2v) is 7.13. The molecule has 0 fully saturated rings. The number of hydrogen-bond acceptors (Lipinski definition) is 5. The number of pyridine rings is 1. The second kappa shape index (κ2) is 6.19. The van der Waals surface area contributed by atoms with Crippen LogP contribution < -0.4 is 15.0 Å². The number of benzene rings is 1. The lowest BCUT2D eigenvalue weighted by molar-refractivity contribution is -0.174. The summed E-state index contributed by atoms with van der Waals surface area (Å²) in [6.45, 7) is 7.07. The van der Waals surface area contributed by atoms with Crippen molar-refractivity contribution in [3.63, 3.8) is 0 Å². The van der Waals surface area contributed by atoms with Gasteiger partial charge >= 0.3 is 0 Å². The normalized spacial score (nSPS) is 23.5. The first-order chi connectivity index (χ1) is 12.2. The molecule has 0 radical (unpaired) electrons. The van der Waals surface area contributed by atoms with Gasteiger partial charge in [-0.2, -0.15) is 5.26 Å². The Hall–Kier alpha value is -2.78. The van der Waals surface area contributed by atoms with Gasteiger partial charge in [0.25, 0.3) is 5.56 Å². The van der Waals surface area contributed by atoms with Crippen LogP contribution in [0.3, 0.4) is 0 Å². The maximum Gasteiger partial charge on any atom is 0.254 e. The first-order valence-corrected chi connectivity index (χ1v) is 8.54. The molecular weight excluding hydrogens is 332 g/mol. The number of H-pyrrole nitrogens is 1. The fourth-order valence-electron chi connectivity index (χ4n) is 3.16. The van der Waals surface area contributed by atoms with Gasteiger partial charge in [-0.15, -0.1) is 0 Å². The summed E-state index contributed by atoms with van der Waals surface area (Å²) in [5, 5.41) is 20.5. The lowest BCUT2D eigenvalue weighted by Gasteiger charge is -2.49. The Bertz CT molecular complexity index is 938.